The minimum Gasteiger partial charge on any atom is -0.325 e. The highest BCUT2D eigenvalue weighted by Gasteiger charge is 2.51. The molecule has 1 saturated carbocycles. The van der Waals surface area contributed by atoms with Crippen LogP contribution in [-0.2, 0) is 21.4 Å². The van der Waals surface area contributed by atoms with Gasteiger partial charge in [-0.15, -0.1) is 0 Å². The van der Waals surface area contributed by atoms with Crippen LogP contribution in [0, 0.1) is 5.82 Å². The van der Waals surface area contributed by atoms with Gasteiger partial charge in [-0.25, -0.2) is 4.39 Å². The lowest BCUT2D eigenvalue weighted by Gasteiger charge is -2.17. The number of amides is 2. The van der Waals surface area contributed by atoms with Gasteiger partial charge < -0.3 is 10.2 Å². The molecule has 0 unspecified atom stereocenters. The van der Waals surface area contributed by atoms with Gasteiger partial charge in [-0.1, -0.05) is 12.1 Å². The van der Waals surface area contributed by atoms with Gasteiger partial charge >= 0.3 is 0 Å². The third-order valence-electron chi connectivity index (χ3n) is 5.17. The van der Waals surface area contributed by atoms with Crippen molar-refractivity contribution in [1.29, 1.82) is 0 Å². The van der Waals surface area contributed by atoms with Crippen LogP contribution < -0.4 is 10.2 Å². The molecule has 4 nitrogen and oxygen atoms in total. The number of nitrogens with one attached hydrogen (secondary N) is 1. The summed E-state index contributed by atoms with van der Waals surface area (Å²) in [5.74, 6) is -0.287. The van der Waals surface area contributed by atoms with Gasteiger partial charge in [0.25, 0.3) is 0 Å². The van der Waals surface area contributed by atoms with Crippen molar-refractivity contribution in [3.63, 3.8) is 0 Å². The molecule has 0 bridgehead atoms. The number of rotatable bonds is 4. The average molecular weight is 338 g/mol. The van der Waals surface area contributed by atoms with E-state index in [0.29, 0.717) is 18.7 Å². The highest BCUT2D eigenvalue weighted by molar-refractivity contribution is 6.04. The van der Waals surface area contributed by atoms with Crippen LogP contribution in [-0.4, -0.2) is 18.4 Å². The molecule has 128 valence electrons. The van der Waals surface area contributed by atoms with Crippen LogP contribution in [0.1, 0.15) is 30.9 Å². The summed E-state index contributed by atoms with van der Waals surface area (Å²) in [6.07, 6.45) is 1.89. The van der Waals surface area contributed by atoms with Crippen molar-refractivity contribution >= 4 is 23.2 Å². The lowest BCUT2D eigenvalue weighted by Crippen LogP contribution is -2.27. The molecule has 1 aliphatic heterocycles. The molecule has 1 fully saturated rings. The first-order valence-corrected chi connectivity index (χ1v) is 8.54. The molecule has 0 aromatic heterocycles. The molecule has 0 saturated heterocycles. The number of halogens is 1. The Labute approximate surface area is 145 Å². The fourth-order valence-corrected chi connectivity index (χ4v) is 3.60. The van der Waals surface area contributed by atoms with Gasteiger partial charge in [0.2, 0.25) is 11.8 Å². The highest BCUT2D eigenvalue weighted by Crippen LogP contribution is 2.49. The van der Waals surface area contributed by atoms with E-state index in [1.807, 2.05) is 25.1 Å². The second-order valence-corrected chi connectivity index (χ2v) is 6.70. The molecular formula is C20H19FN2O2. The third kappa shape index (κ3) is 2.60. The van der Waals surface area contributed by atoms with Crippen LogP contribution in [0.2, 0.25) is 0 Å². The van der Waals surface area contributed by atoms with Crippen LogP contribution in [0.4, 0.5) is 15.8 Å². The normalized spacial score (nSPS) is 17.4. The minimum absolute atomic E-state index is 0.0734. The van der Waals surface area contributed by atoms with Crippen LogP contribution in [0.3, 0.4) is 0 Å². The lowest BCUT2D eigenvalue weighted by molar-refractivity contribution is -0.118. The molecule has 2 aromatic carbocycles. The molecule has 2 aromatic rings. The zero-order chi connectivity index (χ0) is 17.6. The number of carbonyl (C=O) groups is 2. The van der Waals surface area contributed by atoms with E-state index in [2.05, 4.69) is 5.32 Å². The van der Waals surface area contributed by atoms with Gasteiger partial charge in [0.1, 0.15) is 5.82 Å². The van der Waals surface area contributed by atoms with Crippen molar-refractivity contribution in [2.45, 2.75) is 31.6 Å². The second-order valence-electron chi connectivity index (χ2n) is 6.70. The Kier molecular flexibility index (Phi) is 3.60. The summed E-state index contributed by atoms with van der Waals surface area (Å²) >= 11 is 0. The summed E-state index contributed by atoms with van der Waals surface area (Å²) < 4.78 is 13.1. The largest absolute Gasteiger partial charge is 0.325 e. The van der Waals surface area contributed by atoms with Crippen molar-refractivity contribution in [2.75, 3.05) is 16.8 Å². The Balaban J connectivity index is 1.55. The van der Waals surface area contributed by atoms with E-state index in [9.17, 15) is 14.0 Å². The molecule has 1 aliphatic carbocycles. The minimum atomic E-state index is -0.558. The highest BCUT2D eigenvalue weighted by atomic mass is 19.1. The maximum Gasteiger partial charge on any atom is 0.235 e. The van der Waals surface area contributed by atoms with E-state index in [0.717, 1.165) is 29.7 Å². The average Bonchev–Trinajstić information content (AvgIpc) is 3.34. The van der Waals surface area contributed by atoms with Crippen molar-refractivity contribution in [3.05, 3.63) is 59.4 Å². The predicted molar refractivity (Wildman–Crippen MR) is 94.1 cm³/mol. The predicted octanol–water partition coefficient (Wildman–Crippen LogP) is 3.41. The number of hydrogen-bond acceptors (Lipinski definition) is 2. The molecule has 0 spiro atoms. The smallest absolute Gasteiger partial charge is 0.235 e. The summed E-state index contributed by atoms with van der Waals surface area (Å²) in [6, 6.07) is 11.7. The Morgan fingerprint density at radius 1 is 1.20 bits per heavy atom. The Morgan fingerprint density at radius 2 is 1.92 bits per heavy atom. The monoisotopic (exact) mass is 338 g/mol. The van der Waals surface area contributed by atoms with Crippen LogP contribution in [0.5, 0.6) is 0 Å². The van der Waals surface area contributed by atoms with E-state index in [4.69, 9.17) is 0 Å². The van der Waals surface area contributed by atoms with Gasteiger partial charge in [-0.05, 0) is 61.2 Å². The maximum absolute atomic E-state index is 13.1. The molecular weight excluding hydrogens is 319 g/mol. The van der Waals surface area contributed by atoms with Gasteiger partial charge in [0.15, 0.2) is 0 Å². The zero-order valence-electron chi connectivity index (χ0n) is 14.0. The number of likely N-dealkylation sites (N-methyl/N-ethyl adjacent to an activating group) is 1. The fraction of sp³-hybridized carbons (Fsp3) is 0.300. The number of hydrogen-bond donors (Lipinski definition) is 1. The topological polar surface area (TPSA) is 49.4 Å². The maximum atomic E-state index is 13.1. The number of benzene rings is 2. The number of nitrogens with zero attached hydrogens (tertiary/aromatic N) is 1. The van der Waals surface area contributed by atoms with E-state index < -0.39 is 5.41 Å². The van der Waals surface area contributed by atoms with Gasteiger partial charge in [0.05, 0.1) is 11.8 Å². The van der Waals surface area contributed by atoms with E-state index in [1.54, 1.807) is 17.0 Å². The number of fused-ring (bicyclic) bond motifs is 1. The lowest BCUT2D eigenvalue weighted by atomic mass is 9.95. The molecule has 1 heterocycles. The number of carbonyl (C=O) groups excluding carboxylic acids is 2. The third-order valence-corrected chi connectivity index (χ3v) is 5.17. The Morgan fingerprint density at radius 3 is 2.56 bits per heavy atom. The zero-order valence-corrected chi connectivity index (χ0v) is 14.0. The Hall–Kier alpha value is -2.69. The van der Waals surface area contributed by atoms with Crippen molar-refractivity contribution in [1.82, 2.24) is 0 Å². The summed E-state index contributed by atoms with van der Waals surface area (Å²) in [6.45, 7) is 2.59. The Bertz CT molecular complexity index is 856. The summed E-state index contributed by atoms with van der Waals surface area (Å²) in [5, 5.41) is 2.97. The van der Waals surface area contributed by atoms with Crippen LogP contribution in [0.25, 0.3) is 0 Å². The van der Waals surface area contributed by atoms with Crippen molar-refractivity contribution in [3.8, 4) is 0 Å². The number of anilines is 2. The van der Waals surface area contributed by atoms with Crippen LogP contribution in [0.15, 0.2) is 42.5 Å². The fourth-order valence-electron chi connectivity index (χ4n) is 3.60. The van der Waals surface area contributed by atoms with Gasteiger partial charge in [-0.2, -0.15) is 0 Å². The summed E-state index contributed by atoms with van der Waals surface area (Å²) in [5.41, 5.74) is 2.85. The van der Waals surface area contributed by atoms with Gasteiger partial charge in [-0.3, -0.25) is 9.59 Å². The first-order chi connectivity index (χ1) is 12.0. The molecule has 2 amide bonds. The van der Waals surface area contributed by atoms with Gasteiger partial charge in [0, 0.05) is 17.9 Å². The second kappa shape index (κ2) is 5.69. The molecule has 25 heavy (non-hydrogen) atoms. The molecule has 4 rings (SSSR count). The van der Waals surface area contributed by atoms with E-state index >= 15 is 0 Å². The van der Waals surface area contributed by atoms with Crippen molar-refractivity contribution in [2.24, 2.45) is 0 Å². The van der Waals surface area contributed by atoms with E-state index in [1.165, 1.54) is 12.1 Å². The molecule has 5 heteroatoms. The molecule has 1 N–H and O–H groups in total. The summed E-state index contributed by atoms with van der Waals surface area (Å²) in [7, 11) is 0. The molecule has 0 radical (unpaired) electrons. The quantitative estimate of drug-likeness (QED) is 0.929. The molecule has 2 aliphatic rings. The van der Waals surface area contributed by atoms with Crippen molar-refractivity contribution < 1.29 is 14.0 Å². The molecule has 0 atom stereocenters. The SMILES string of the molecule is CCN1C(=O)Cc2cc(NC(=O)C3(c4ccc(F)cc4)CC3)ccc21. The van der Waals surface area contributed by atoms with Crippen LogP contribution >= 0.6 is 0 Å². The first kappa shape index (κ1) is 15.8. The summed E-state index contributed by atoms with van der Waals surface area (Å²) in [4.78, 5) is 26.5. The standard InChI is InChI=1S/C20H19FN2O2/c1-2-23-17-8-7-16(11-13(17)12-18(23)24)22-19(25)20(9-10-20)14-3-5-15(21)6-4-14/h3-8,11H,2,9-10,12H2,1H3,(H,22,25). The van der Waals surface area contributed by atoms with E-state index in [-0.39, 0.29) is 17.6 Å². The first-order valence-electron chi connectivity index (χ1n) is 8.54.